The van der Waals surface area contributed by atoms with Crippen LogP contribution in [0.1, 0.15) is 13.8 Å². The molecule has 0 saturated heterocycles. The molecule has 0 aliphatic carbocycles. The highest BCUT2D eigenvalue weighted by molar-refractivity contribution is 5.86. The van der Waals surface area contributed by atoms with E-state index in [9.17, 15) is 4.79 Å². The van der Waals surface area contributed by atoms with Gasteiger partial charge in [0.05, 0.1) is 0 Å². The Hall–Kier alpha value is -1.09. The van der Waals surface area contributed by atoms with Crippen LogP contribution in [-0.4, -0.2) is 19.2 Å². The van der Waals surface area contributed by atoms with E-state index >= 15 is 0 Å². The van der Waals surface area contributed by atoms with Crippen LogP contribution >= 0.6 is 0 Å². The number of cyclic esters (lactones) is 1. The van der Waals surface area contributed by atoms with Gasteiger partial charge >= 0.3 is 5.97 Å². The maximum Gasteiger partial charge on any atom is 0.333 e. The van der Waals surface area contributed by atoms with Crippen molar-refractivity contribution in [3.05, 3.63) is 23.3 Å². The van der Waals surface area contributed by atoms with Crippen LogP contribution in [0.5, 0.6) is 0 Å². The van der Waals surface area contributed by atoms with E-state index in [-0.39, 0.29) is 12.2 Å². The summed E-state index contributed by atoms with van der Waals surface area (Å²) >= 11 is 0. The van der Waals surface area contributed by atoms with Crippen LogP contribution in [-0.2, 0) is 9.53 Å². The molecule has 0 aromatic carbocycles. The molecule has 0 aromatic rings. The van der Waals surface area contributed by atoms with Gasteiger partial charge in [-0.25, -0.2) is 4.79 Å². The summed E-state index contributed by atoms with van der Waals surface area (Å²) in [6, 6.07) is 0. The Morgan fingerprint density at radius 2 is 2.33 bits per heavy atom. The van der Waals surface area contributed by atoms with E-state index in [1.807, 2.05) is 19.9 Å². The summed E-state index contributed by atoms with van der Waals surface area (Å²) in [5, 5.41) is 2.89. The fourth-order valence-electron chi connectivity index (χ4n) is 1.11. The van der Waals surface area contributed by atoms with Gasteiger partial charge in [-0.05, 0) is 20.9 Å². The van der Waals surface area contributed by atoms with Crippen LogP contribution in [0.4, 0.5) is 0 Å². The Morgan fingerprint density at radius 3 is 2.83 bits per heavy atom. The second-order valence-electron chi connectivity index (χ2n) is 2.97. The van der Waals surface area contributed by atoms with Crippen molar-refractivity contribution < 1.29 is 9.53 Å². The molecule has 1 heterocycles. The van der Waals surface area contributed by atoms with Gasteiger partial charge < -0.3 is 4.74 Å². The average molecular weight is 167 g/mol. The number of nitrogens with one attached hydrogen (secondary N) is 1. The summed E-state index contributed by atoms with van der Waals surface area (Å²) in [5.74, 6) is -0.276. The molecule has 0 spiro atoms. The largest absolute Gasteiger partial charge is 0.439 e. The van der Waals surface area contributed by atoms with Crippen LogP contribution < -0.4 is 5.32 Å². The summed E-state index contributed by atoms with van der Waals surface area (Å²) in [6.07, 6.45) is 3.17. The Morgan fingerprint density at radius 1 is 1.67 bits per heavy atom. The maximum absolute atomic E-state index is 10.8. The number of allylic oxidation sites excluding steroid dienone is 1. The van der Waals surface area contributed by atoms with Gasteiger partial charge in [-0.2, -0.15) is 0 Å². The number of hydrogen-bond acceptors (Lipinski definition) is 3. The van der Waals surface area contributed by atoms with Gasteiger partial charge in [0.25, 0.3) is 0 Å². The fourth-order valence-corrected chi connectivity index (χ4v) is 1.11. The molecule has 0 radical (unpaired) electrons. The minimum Gasteiger partial charge on any atom is -0.439 e. The minimum atomic E-state index is -0.276. The molecule has 0 fully saturated rings. The number of esters is 1. The molecule has 1 unspecified atom stereocenters. The summed E-state index contributed by atoms with van der Waals surface area (Å²) in [6.45, 7) is 3.96. The van der Waals surface area contributed by atoms with Gasteiger partial charge in [-0.3, -0.25) is 5.32 Å². The highest BCUT2D eigenvalue weighted by atomic mass is 16.6. The Kier molecular flexibility index (Phi) is 2.65. The third-order valence-electron chi connectivity index (χ3n) is 1.54. The standard InChI is InChI=1S/C9H13NO2/c1-6(2)4-7-5-8(11)12-9(7)10-3/h4-5,9-10H,1-3H3. The summed E-state index contributed by atoms with van der Waals surface area (Å²) in [5.41, 5.74) is 2.04. The second-order valence-corrected chi connectivity index (χ2v) is 2.97. The third-order valence-corrected chi connectivity index (χ3v) is 1.54. The lowest BCUT2D eigenvalue weighted by Crippen LogP contribution is -2.27. The van der Waals surface area contributed by atoms with Gasteiger partial charge in [-0.15, -0.1) is 0 Å². The monoisotopic (exact) mass is 167 g/mol. The van der Waals surface area contributed by atoms with Gasteiger partial charge in [0.1, 0.15) is 0 Å². The molecule has 1 N–H and O–H groups in total. The summed E-state index contributed by atoms with van der Waals surface area (Å²) < 4.78 is 4.94. The average Bonchev–Trinajstić information content (AvgIpc) is 2.29. The number of hydrogen-bond donors (Lipinski definition) is 1. The first-order valence-corrected chi connectivity index (χ1v) is 3.88. The van der Waals surface area contributed by atoms with Crippen molar-refractivity contribution in [2.75, 3.05) is 7.05 Å². The van der Waals surface area contributed by atoms with Crippen LogP contribution in [0.25, 0.3) is 0 Å². The summed E-state index contributed by atoms with van der Waals surface area (Å²) in [7, 11) is 1.76. The highest BCUT2D eigenvalue weighted by Crippen LogP contribution is 2.15. The molecule has 3 heteroatoms. The molecule has 0 saturated carbocycles. The van der Waals surface area contributed by atoms with Crippen LogP contribution in [0, 0.1) is 0 Å². The van der Waals surface area contributed by atoms with Gasteiger partial charge in [0.15, 0.2) is 6.23 Å². The van der Waals surface area contributed by atoms with E-state index < -0.39 is 0 Å². The molecule has 12 heavy (non-hydrogen) atoms. The van der Waals surface area contributed by atoms with Crippen molar-refractivity contribution >= 4 is 5.97 Å². The third kappa shape index (κ3) is 1.95. The number of ether oxygens (including phenoxy) is 1. The smallest absolute Gasteiger partial charge is 0.333 e. The Bertz CT molecular complexity index is 249. The lowest BCUT2D eigenvalue weighted by atomic mass is 10.1. The fraction of sp³-hybridized carbons (Fsp3) is 0.444. The summed E-state index contributed by atoms with van der Waals surface area (Å²) in [4.78, 5) is 10.8. The van der Waals surface area contributed by atoms with Crippen molar-refractivity contribution in [1.29, 1.82) is 0 Å². The van der Waals surface area contributed by atoms with Crippen molar-refractivity contribution in [2.24, 2.45) is 0 Å². The normalized spacial score (nSPS) is 21.8. The topological polar surface area (TPSA) is 38.3 Å². The molecular formula is C9H13NO2. The van der Waals surface area contributed by atoms with E-state index in [1.165, 1.54) is 6.08 Å². The second kappa shape index (κ2) is 3.54. The lowest BCUT2D eigenvalue weighted by Gasteiger charge is -2.09. The molecule has 0 amide bonds. The van der Waals surface area contributed by atoms with Crippen molar-refractivity contribution in [3.8, 4) is 0 Å². The Balaban J connectivity index is 2.80. The number of likely N-dealkylation sites (N-methyl/N-ethyl adjacent to an activating group) is 1. The molecule has 66 valence electrons. The predicted octanol–water partition coefficient (Wildman–Crippen LogP) is 0.981. The van der Waals surface area contributed by atoms with E-state index in [0.29, 0.717) is 0 Å². The first-order valence-electron chi connectivity index (χ1n) is 3.88. The molecule has 0 aromatic heterocycles. The van der Waals surface area contributed by atoms with Crippen LogP contribution in [0.15, 0.2) is 23.3 Å². The maximum atomic E-state index is 10.8. The molecule has 1 rings (SSSR count). The number of carbonyl (C=O) groups is 1. The first kappa shape index (κ1) is 9.00. The molecule has 1 aliphatic rings. The molecule has 0 bridgehead atoms. The Labute approximate surface area is 72.1 Å². The van der Waals surface area contributed by atoms with Gasteiger partial charge in [0.2, 0.25) is 0 Å². The quantitative estimate of drug-likeness (QED) is 0.623. The highest BCUT2D eigenvalue weighted by Gasteiger charge is 2.22. The zero-order valence-corrected chi connectivity index (χ0v) is 7.55. The van der Waals surface area contributed by atoms with Crippen molar-refractivity contribution in [3.63, 3.8) is 0 Å². The minimum absolute atomic E-state index is 0.271. The molecule has 1 atom stereocenters. The number of rotatable bonds is 2. The molecular weight excluding hydrogens is 154 g/mol. The molecule has 3 nitrogen and oxygen atoms in total. The van der Waals surface area contributed by atoms with Gasteiger partial charge in [-0.1, -0.05) is 11.6 Å². The van der Waals surface area contributed by atoms with Gasteiger partial charge in [0, 0.05) is 11.6 Å². The van der Waals surface area contributed by atoms with E-state index in [1.54, 1.807) is 7.05 Å². The lowest BCUT2D eigenvalue weighted by molar-refractivity contribution is -0.139. The van der Waals surface area contributed by atoms with Crippen LogP contribution in [0.3, 0.4) is 0 Å². The number of carbonyl (C=O) groups excluding carboxylic acids is 1. The zero-order valence-electron chi connectivity index (χ0n) is 7.55. The van der Waals surface area contributed by atoms with E-state index in [4.69, 9.17) is 4.74 Å². The first-order chi connectivity index (χ1) is 5.63. The zero-order chi connectivity index (χ0) is 9.14. The van der Waals surface area contributed by atoms with E-state index in [0.717, 1.165) is 11.1 Å². The van der Waals surface area contributed by atoms with E-state index in [2.05, 4.69) is 5.32 Å². The van der Waals surface area contributed by atoms with Crippen LogP contribution in [0.2, 0.25) is 0 Å². The molecule has 1 aliphatic heterocycles. The van der Waals surface area contributed by atoms with Crippen molar-refractivity contribution in [2.45, 2.75) is 20.1 Å². The predicted molar refractivity (Wildman–Crippen MR) is 46.5 cm³/mol. The van der Waals surface area contributed by atoms with Crippen molar-refractivity contribution in [1.82, 2.24) is 5.32 Å². The SMILES string of the molecule is CNC1OC(=O)C=C1C=C(C)C.